The van der Waals surface area contributed by atoms with Gasteiger partial charge in [0.1, 0.15) is 6.61 Å². The van der Waals surface area contributed by atoms with Crippen molar-refractivity contribution in [3.63, 3.8) is 0 Å². The first-order valence-corrected chi connectivity index (χ1v) is 3.81. The minimum absolute atomic E-state index is 0.0121. The molecule has 0 N–H and O–H groups in total. The maximum atomic E-state index is 11.1. The Morgan fingerprint density at radius 2 is 2.64 bits per heavy atom. The Bertz CT molecular complexity index is 167. The number of carbonyl (C=O) groups is 1. The quantitative estimate of drug-likeness (QED) is 0.589. The van der Waals surface area contributed by atoms with Crippen LogP contribution in [0.3, 0.4) is 0 Å². The lowest BCUT2D eigenvalue weighted by atomic mass is 10.2. The fourth-order valence-electron chi connectivity index (χ4n) is 1.21. The van der Waals surface area contributed by atoms with E-state index in [2.05, 4.69) is 6.58 Å². The van der Waals surface area contributed by atoms with E-state index in [1.807, 2.05) is 6.92 Å². The molecule has 1 rings (SSSR count). The number of hydrogen-bond donors (Lipinski definition) is 0. The monoisotopic (exact) mass is 155 g/mol. The Morgan fingerprint density at radius 3 is 3.09 bits per heavy atom. The number of hydrogen-bond acceptors (Lipinski definition) is 2. The zero-order chi connectivity index (χ0) is 8.27. The highest BCUT2D eigenvalue weighted by atomic mass is 16.5. The van der Waals surface area contributed by atoms with Gasteiger partial charge in [-0.2, -0.15) is 0 Å². The average molecular weight is 155 g/mol. The number of nitrogens with zero attached hydrogens (tertiary/aromatic N) is 1. The summed E-state index contributed by atoms with van der Waals surface area (Å²) < 4.78 is 5.08. The van der Waals surface area contributed by atoms with Crippen molar-refractivity contribution in [3.05, 3.63) is 12.8 Å². The van der Waals surface area contributed by atoms with Gasteiger partial charge in [-0.05, 0) is 6.42 Å². The maximum Gasteiger partial charge on any atom is 0.252 e. The third kappa shape index (κ3) is 1.60. The molecule has 1 aliphatic rings. The maximum absolute atomic E-state index is 11.1. The SMILES string of the molecule is C=CN1C(=O)COCC1CC. The number of rotatable bonds is 2. The molecule has 62 valence electrons. The molecule has 11 heavy (non-hydrogen) atoms. The summed E-state index contributed by atoms with van der Waals surface area (Å²) in [7, 11) is 0. The molecule has 0 aromatic heterocycles. The third-order valence-electron chi connectivity index (χ3n) is 1.89. The van der Waals surface area contributed by atoms with E-state index in [1.165, 1.54) is 0 Å². The highest BCUT2D eigenvalue weighted by Gasteiger charge is 2.24. The minimum atomic E-state index is 0.0121. The van der Waals surface area contributed by atoms with Crippen LogP contribution in [0.1, 0.15) is 13.3 Å². The molecule has 1 heterocycles. The van der Waals surface area contributed by atoms with E-state index in [4.69, 9.17) is 4.74 Å². The number of ether oxygens (including phenoxy) is 1. The molecule has 3 heteroatoms. The molecule has 1 unspecified atom stereocenters. The van der Waals surface area contributed by atoms with Crippen molar-refractivity contribution in [2.45, 2.75) is 19.4 Å². The van der Waals surface area contributed by atoms with Crippen molar-refractivity contribution in [1.29, 1.82) is 0 Å². The second-order valence-electron chi connectivity index (χ2n) is 2.56. The predicted molar refractivity (Wildman–Crippen MR) is 41.9 cm³/mol. The van der Waals surface area contributed by atoms with Crippen LogP contribution >= 0.6 is 0 Å². The summed E-state index contributed by atoms with van der Waals surface area (Å²) in [6.07, 6.45) is 2.50. The molecular formula is C8H13NO2. The molecule has 1 amide bonds. The van der Waals surface area contributed by atoms with E-state index >= 15 is 0 Å². The predicted octanol–water partition coefficient (Wildman–Crippen LogP) is 0.767. The molecule has 1 saturated heterocycles. The van der Waals surface area contributed by atoms with Crippen LogP contribution in [0.4, 0.5) is 0 Å². The van der Waals surface area contributed by atoms with E-state index in [9.17, 15) is 4.79 Å². The van der Waals surface area contributed by atoms with Crippen LogP contribution in [0.15, 0.2) is 12.8 Å². The zero-order valence-electron chi connectivity index (χ0n) is 6.75. The highest BCUT2D eigenvalue weighted by molar-refractivity contribution is 5.79. The molecule has 0 saturated carbocycles. The minimum Gasteiger partial charge on any atom is -0.369 e. The number of amides is 1. The van der Waals surface area contributed by atoms with Crippen molar-refractivity contribution in [2.24, 2.45) is 0 Å². The summed E-state index contributed by atoms with van der Waals surface area (Å²) >= 11 is 0. The molecule has 1 aliphatic heterocycles. The second kappa shape index (κ2) is 3.53. The lowest BCUT2D eigenvalue weighted by Gasteiger charge is -2.31. The first-order chi connectivity index (χ1) is 5.29. The van der Waals surface area contributed by atoms with Crippen LogP contribution in [0.25, 0.3) is 0 Å². The summed E-state index contributed by atoms with van der Waals surface area (Å²) in [5.74, 6) is 0.0121. The molecule has 0 spiro atoms. The fraction of sp³-hybridized carbons (Fsp3) is 0.625. The largest absolute Gasteiger partial charge is 0.369 e. The van der Waals surface area contributed by atoms with Gasteiger partial charge in [-0.1, -0.05) is 13.5 Å². The fourth-order valence-corrected chi connectivity index (χ4v) is 1.21. The molecular weight excluding hydrogens is 142 g/mol. The molecule has 0 aromatic carbocycles. The third-order valence-corrected chi connectivity index (χ3v) is 1.89. The Balaban J connectivity index is 2.63. The first kappa shape index (κ1) is 8.27. The van der Waals surface area contributed by atoms with Gasteiger partial charge in [-0.3, -0.25) is 4.79 Å². The van der Waals surface area contributed by atoms with Crippen molar-refractivity contribution >= 4 is 5.91 Å². The van der Waals surface area contributed by atoms with Gasteiger partial charge in [0.25, 0.3) is 5.91 Å². The van der Waals surface area contributed by atoms with Gasteiger partial charge < -0.3 is 9.64 Å². The summed E-state index contributed by atoms with van der Waals surface area (Å²) in [5, 5.41) is 0. The Hall–Kier alpha value is -0.830. The van der Waals surface area contributed by atoms with Crippen LogP contribution in [0.2, 0.25) is 0 Å². The normalized spacial score (nSPS) is 25.4. The van der Waals surface area contributed by atoms with Gasteiger partial charge in [0.2, 0.25) is 0 Å². The molecule has 0 bridgehead atoms. The average Bonchev–Trinajstić information content (AvgIpc) is 2.04. The summed E-state index contributed by atoms with van der Waals surface area (Å²) in [6.45, 7) is 6.44. The van der Waals surface area contributed by atoms with Crippen molar-refractivity contribution in [3.8, 4) is 0 Å². The number of morpholine rings is 1. The van der Waals surface area contributed by atoms with Gasteiger partial charge in [-0.25, -0.2) is 0 Å². The summed E-state index contributed by atoms with van der Waals surface area (Å²) in [4.78, 5) is 12.8. The van der Waals surface area contributed by atoms with Crippen molar-refractivity contribution < 1.29 is 9.53 Å². The first-order valence-electron chi connectivity index (χ1n) is 3.81. The van der Waals surface area contributed by atoms with E-state index in [1.54, 1.807) is 11.1 Å². The topological polar surface area (TPSA) is 29.5 Å². The lowest BCUT2D eigenvalue weighted by molar-refractivity contribution is -0.143. The van der Waals surface area contributed by atoms with Gasteiger partial charge in [0.15, 0.2) is 0 Å². The van der Waals surface area contributed by atoms with Crippen molar-refractivity contribution in [2.75, 3.05) is 13.2 Å². The molecule has 0 aliphatic carbocycles. The van der Waals surface area contributed by atoms with Gasteiger partial charge >= 0.3 is 0 Å². The van der Waals surface area contributed by atoms with Gasteiger partial charge in [0.05, 0.1) is 12.6 Å². The molecule has 3 nitrogen and oxygen atoms in total. The molecule has 1 fully saturated rings. The van der Waals surface area contributed by atoms with Gasteiger partial charge in [-0.15, -0.1) is 0 Å². The van der Waals surface area contributed by atoms with Crippen LogP contribution in [0.5, 0.6) is 0 Å². The number of carbonyl (C=O) groups excluding carboxylic acids is 1. The summed E-state index contributed by atoms with van der Waals surface area (Å²) in [5.41, 5.74) is 0. The summed E-state index contributed by atoms with van der Waals surface area (Å²) in [6, 6.07) is 0.189. The smallest absolute Gasteiger partial charge is 0.252 e. The van der Waals surface area contributed by atoms with Crippen LogP contribution in [0, 0.1) is 0 Å². The molecule has 0 aromatic rings. The van der Waals surface area contributed by atoms with Crippen LogP contribution in [-0.4, -0.2) is 30.1 Å². The lowest BCUT2D eigenvalue weighted by Crippen LogP contribution is -2.45. The molecule has 1 atom stereocenters. The standard InChI is InChI=1S/C8H13NO2/c1-3-7-5-11-6-8(10)9(7)4-2/h4,7H,2-3,5-6H2,1H3. The van der Waals surface area contributed by atoms with E-state index < -0.39 is 0 Å². The Morgan fingerprint density at radius 1 is 1.91 bits per heavy atom. The van der Waals surface area contributed by atoms with E-state index in [0.29, 0.717) is 6.61 Å². The Labute approximate surface area is 66.6 Å². The van der Waals surface area contributed by atoms with E-state index in [-0.39, 0.29) is 18.6 Å². The zero-order valence-corrected chi connectivity index (χ0v) is 6.75. The second-order valence-corrected chi connectivity index (χ2v) is 2.56. The van der Waals surface area contributed by atoms with Gasteiger partial charge in [0, 0.05) is 6.20 Å². The van der Waals surface area contributed by atoms with E-state index in [0.717, 1.165) is 6.42 Å². The van der Waals surface area contributed by atoms with Crippen LogP contribution in [-0.2, 0) is 9.53 Å². The molecule has 0 radical (unpaired) electrons. The highest BCUT2D eigenvalue weighted by Crippen LogP contribution is 2.10. The Kier molecular flexibility index (Phi) is 2.65. The van der Waals surface area contributed by atoms with Crippen LogP contribution < -0.4 is 0 Å². The van der Waals surface area contributed by atoms with Crippen molar-refractivity contribution in [1.82, 2.24) is 4.90 Å².